The monoisotopic (exact) mass is 273 g/mol. The Morgan fingerprint density at radius 3 is 2.53 bits per heavy atom. The van der Waals surface area contributed by atoms with Gasteiger partial charge in [-0.3, -0.25) is 14.5 Å². The minimum atomic E-state index is -0.196. The summed E-state index contributed by atoms with van der Waals surface area (Å²) in [6.45, 7) is 4.14. The van der Waals surface area contributed by atoms with Crippen LogP contribution in [-0.4, -0.2) is 22.6 Å². The van der Waals surface area contributed by atoms with E-state index in [2.05, 4.69) is 0 Å². The molecule has 4 heteroatoms. The molecule has 2 rings (SSSR count). The van der Waals surface area contributed by atoms with Crippen LogP contribution in [0.5, 0.6) is 0 Å². The minimum Gasteiger partial charge on any atom is -0.269 e. The first-order valence-electron chi connectivity index (χ1n) is 6.10. The Labute approximate surface area is 117 Å². The van der Waals surface area contributed by atoms with Gasteiger partial charge < -0.3 is 0 Å². The van der Waals surface area contributed by atoms with Crippen LogP contribution in [0.2, 0.25) is 0 Å². The van der Waals surface area contributed by atoms with Gasteiger partial charge in [0.05, 0.1) is 4.91 Å². The van der Waals surface area contributed by atoms with E-state index in [-0.39, 0.29) is 11.1 Å². The summed E-state index contributed by atoms with van der Waals surface area (Å²) in [5.74, 6) is -0.196. The number of rotatable bonds is 3. The number of imide groups is 1. The number of nitrogens with zero attached hydrogens (tertiary/aromatic N) is 1. The Kier molecular flexibility index (Phi) is 4.22. The van der Waals surface area contributed by atoms with Gasteiger partial charge in [0.1, 0.15) is 0 Å². The van der Waals surface area contributed by atoms with E-state index in [0.29, 0.717) is 11.4 Å². The molecule has 1 aromatic rings. The third-order valence-electron chi connectivity index (χ3n) is 2.74. The summed E-state index contributed by atoms with van der Waals surface area (Å²) in [6, 6.07) is 9.87. The fourth-order valence-electron chi connectivity index (χ4n) is 1.83. The van der Waals surface area contributed by atoms with E-state index in [1.165, 1.54) is 4.90 Å². The summed E-state index contributed by atoms with van der Waals surface area (Å²) in [5, 5.41) is -0.189. The topological polar surface area (TPSA) is 37.4 Å². The van der Waals surface area contributed by atoms with Crippen LogP contribution in [0.1, 0.15) is 19.4 Å². The molecule has 0 atom stereocenters. The smallest absolute Gasteiger partial charge is 0.269 e. The summed E-state index contributed by atoms with van der Waals surface area (Å²) >= 11 is 1.00. The molecule has 98 valence electrons. The average molecular weight is 273 g/mol. The number of carbonyl (C=O) groups excluding carboxylic acids is 2. The molecular formula is C15H15NO2S. The molecule has 3 nitrogen and oxygen atoms in total. The van der Waals surface area contributed by atoms with Crippen LogP contribution >= 0.6 is 11.8 Å². The van der Waals surface area contributed by atoms with Gasteiger partial charge in [-0.15, -0.1) is 0 Å². The molecule has 2 amide bonds. The molecule has 0 saturated carbocycles. The van der Waals surface area contributed by atoms with Crippen molar-refractivity contribution in [2.24, 2.45) is 0 Å². The molecule has 0 aromatic heterocycles. The van der Waals surface area contributed by atoms with Crippen molar-refractivity contribution in [3.63, 3.8) is 0 Å². The normalized spacial score (nSPS) is 18.5. The lowest BCUT2D eigenvalue weighted by molar-refractivity contribution is -0.122. The quantitative estimate of drug-likeness (QED) is 0.788. The molecule has 0 spiro atoms. The van der Waals surface area contributed by atoms with Crippen LogP contribution in [0.3, 0.4) is 0 Å². The summed E-state index contributed by atoms with van der Waals surface area (Å²) in [7, 11) is 0. The van der Waals surface area contributed by atoms with Crippen LogP contribution in [0.25, 0.3) is 6.08 Å². The van der Waals surface area contributed by atoms with E-state index in [9.17, 15) is 9.59 Å². The van der Waals surface area contributed by atoms with Gasteiger partial charge in [-0.25, -0.2) is 0 Å². The van der Waals surface area contributed by atoms with Crippen LogP contribution in [-0.2, 0) is 4.79 Å². The molecule has 1 saturated heterocycles. The maximum atomic E-state index is 11.9. The van der Waals surface area contributed by atoms with Crippen molar-refractivity contribution >= 4 is 29.0 Å². The first-order valence-corrected chi connectivity index (χ1v) is 6.92. The SMILES string of the molecule is CCN1C(=O)S/C(=C/C(C)=C/c2ccccc2)C1=O. The number of hydrogen-bond acceptors (Lipinski definition) is 3. The minimum absolute atomic E-state index is 0.189. The third kappa shape index (κ3) is 3.15. The molecule has 0 N–H and O–H groups in total. The maximum absolute atomic E-state index is 11.9. The van der Waals surface area contributed by atoms with Crippen LogP contribution < -0.4 is 0 Å². The lowest BCUT2D eigenvalue weighted by Gasteiger charge is -2.06. The number of thioether (sulfide) groups is 1. The van der Waals surface area contributed by atoms with Crippen molar-refractivity contribution in [1.29, 1.82) is 0 Å². The molecule has 0 aliphatic carbocycles. The van der Waals surface area contributed by atoms with Gasteiger partial charge in [0, 0.05) is 6.54 Å². The number of carbonyl (C=O) groups is 2. The van der Waals surface area contributed by atoms with Crippen LogP contribution in [0.15, 0.2) is 46.9 Å². The van der Waals surface area contributed by atoms with Gasteiger partial charge in [0.15, 0.2) is 0 Å². The lowest BCUT2D eigenvalue weighted by Crippen LogP contribution is -2.27. The second kappa shape index (κ2) is 5.89. The Morgan fingerprint density at radius 2 is 1.95 bits per heavy atom. The number of hydrogen-bond donors (Lipinski definition) is 0. The first-order chi connectivity index (χ1) is 9.11. The predicted octanol–water partition coefficient (Wildman–Crippen LogP) is 3.69. The summed E-state index contributed by atoms with van der Waals surface area (Å²) in [4.78, 5) is 25.3. The number of likely N-dealkylation sites (N-methyl/N-ethyl adjacent to an activating group) is 1. The Balaban J connectivity index is 2.21. The predicted molar refractivity (Wildman–Crippen MR) is 78.6 cm³/mol. The van der Waals surface area contributed by atoms with Gasteiger partial charge >= 0.3 is 0 Å². The van der Waals surface area contributed by atoms with E-state index in [1.54, 1.807) is 13.0 Å². The van der Waals surface area contributed by atoms with Gasteiger partial charge in [-0.2, -0.15) is 0 Å². The Hall–Kier alpha value is -1.81. The third-order valence-corrected chi connectivity index (χ3v) is 3.65. The average Bonchev–Trinajstić information content (AvgIpc) is 2.65. The van der Waals surface area contributed by atoms with E-state index >= 15 is 0 Å². The van der Waals surface area contributed by atoms with Gasteiger partial charge in [-0.05, 0) is 42.8 Å². The molecule has 0 bridgehead atoms. The maximum Gasteiger partial charge on any atom is 0.293 e. The number of allylic oxidation sites excluding steroid dienone is 2. The van der Waals surface area contributed by atoms with Crippen LogP contribution in [0, 0.1) is 0 Å². The molecule has 1 fully saturated rings. The van der Waals surface area contributed by atoms with Crippen molar-refractivity contribution in [3.05, 3.63) is 52.4 Å². The summed E-state index contributed by atoms with van der Waals surface area (Å²) in [5.41, 5.74) is 2.03. The van der Waals surface area contributed by atoms with E-state index in [1.807, 2.05) is 43.3 Å². The fourth-order valence-corrected chi connectivity index (χ4v) is 2.79. The molecular weight excluding hydrogens is 258 g/mol. The summed E-state index contributed by atoms with van der Waals surface area (Å²) in [6.07, 6.45) is 3.76. The van der Waals surface area contributed by atoms with Gasteiger partial charge in [-0.1, -0.05) is 36.4 Å². The highest BCUT2D eigenvalue weighted by atomic mass is 32.2. The van der Waals surface area contributed by atoms with Crippen molar-refractivity contribution in [3.8, 4) is 0 Å². The number of amides is 2. The molecule has 1 aromatic carbocycles. The standard InChI is InChI=1S/C15H15NO2S/c1-3-16-14(17)13(19-15(16)18)10-11(2)9-12-7-5-4-6-8-12/h4-10H,3H2,1-2H3/b11-9+,13-10+. The van der Waals surface area contributed by atoms with Crippen molar-refractivity contribution in [2.45, 2.75) is 13.8 Å². The Bertz CT molecular complexity index is 561. The molecule has 19 heavy (non-hydrogen) atoms. The Morgan fingerprint density at radius 1 is 1.26 bits per heavy atom. The second-order valence-corrected chi connectivity index (χ2v) is 5.22. The highest BCUT2D eigenvalue weighted by molar-refractivity contribution is 8.18. The van der Waals surface area contributed by atoms with E-state index in [0.717, 1.165) is 22.9 Å². The van der Waals surface area contributed by atoms with Gasteiger partial charge in [0.2, 0.25) is 0 Å². The van der Waals surface area contributed by atoms with Crippen molar-refractivity contribution < 1.29 is 9.59 Å². The highest BCUT2D eigenvalue weighted by Crippen LogP contribution is 2.31. The zero-order valence-electron chi connectivity index (χ0n) is 10.9. The zero-order chi connectivity index (χ0) is 13.8. The van der Waals surface area contributed by atoms with Crippen molar-refractivity contribution in [2.75, 3.05) is 6.54 Å². The second-order valence-electron chi connectivity index (χ2n) is 4.23. The van der Waals surface area contributed by atoms with Crippen LogP contribution in [0.4, 0.5) is 4.79 Å². The molecule has 0 radical (unpaired) electrons. The molecule has 1 aliphatic heterocycles. The van der Waals surface area contributed by atoms with Crippen molar-refractivity contribution in [1.82, 2.24) is 4.90 Å². The summed E-state index contributed by atoms with van der Waals surface area (Å²) < 4.78 is 0. The highest BCUT2D eigenvalue weighted by Gasteiger charge is 2.33. The van der Waals surface area contributed by atoms with E-state index < -0.39 is 0 Å². The molecule has 0 unspecified atom stereocenters. The zero-order valence-corrected chi connectivity index (χ0v) is 11.7. The molecule has 1 aliphatic rings. The van der Waals surface area contributed by atoms with Gasteiger partial charge in [0.25, 0.3) is 11.1 Å². The first kappa shape index (κ1) is 13.6. The fraction of sp³-hybridized carbons (Fsp3) is 0.200. The largest absolute Gasteiger partial charge is 0.293 e. The number of benzene rings is 1. The van der Waals surface area contributed by atoms with E-state index in [4.69, 9.17) is 0 Å². The molecule has 1 heterocycles. The lowest BCUT2D eigenvalue weighted by atomic mass is 10.1.